The molecule has 1 aromatic heterocycles. The summed E-state index contributed by atoms with van der Waals surface area (Å²) in [5, 5.41) is 3.25. The summed E-state index contributed by atoms with van der Waals surface area (Å²) >= 11 is 0. The summed E-state index contributed by atoms with van der Waals surface area (Å²) in [6.07, 6.45) is 0. The first kappa shape index (κ1) is 18.9. The van der Waals surface area contributed by atoms with Gasteiger partial charge < -0.3 is 19.4 Å². The fourth-order valence-electron chi connectivity index (χ4n) is 3.77. The van der Waals surface area contributed by atoms with Crippen LogP contribution in [0, 0.1) is 5.82 Å². The summed E-state index contributed by atoms with van der Waals surface area (Å²) in [5.41, 5.74) is 1.11. The lowest BCUT2D eigenvalue weighted by Gasteiger charge is -2.18. The zero-order chi connectivity index (χ0) is 21.5. The van der Waals surface area contributed by atoms with Crippen molar-refractivity contribution >= 4 is 22.6 Å². The zero-order valence-corrected chi connectivity index (χ0v) is 16.5. The van der Waals surface area contributed by atoms with Crippen molar-refractivity contribution in [1.29, 1.82) is 0 Å². The van der Waals surface area contributed by atoms with Gasteiger partial charge in [-0.1, -0.05) is 30.3 Å². The van der Waals surface area contributed by atoms with Crippen LogP contribution in [0.15, 0.2) is 71.5 Å². The molecule has 154 valence electrons. The average Bonchev–Trinajstić information content (AvgIpc) is 3.25. The van der Waals surface area contributed by atoms with Crippen LogP contribution in [0.25, 0.3) is 22.0 Å². The molecule has 0 bridgehead atoms. The quantitative estimate of drug-likeness (QED) is 0.540. The van der Waals surface area contributed by atoms with Crippen LogP contribution in [0.4, 0.5) is 10.2 Å². The van der Waals surface area contributed by atoms with Crippen molar-refractivity contribution in [2.45, 2.75) is 0 Å². The van der Waals surface area contributed by atoms with Gasteiger partial charge in [0.05, 0.1) is 16.6 Å². The van der Waals surface area contributed by atoms with E-state index in [2.05, 4.69) is 5.32 Å². The van der Waals surface area contributed by atoms with Gasteiger partial charge >= 0.3 is 0 Å². The van der Waals surface area contributed by atoms with E-state index >= 15 is 0 Å². The molecule has 31 heavy (non-hydrogen) atoms. The first-order valence-corrected chi connectivity index (χ1v) is 9.62. The lowest BCUT2D eigenvalue weighted by molar-refractivity contribution is 0.102. The van der Waals surface area contributed by atoms with Crippen molar-refractivity contribution in [2.24, 2.45) is 7.05 Å². The summed E-state index contributed by atoms with van der Waals surface area (Å²) in [6, 6.07) is 18.0. The van der Waals surface area contributed by atoms with Gasteiger partial charge in [-0.25, -0.2) is 4.39 Å². The monoisotopic (exact) mass is 416 g/mol. The number of aromatic nitrogens is 1. The molecular weight excluding hydrogens is 399 g/mol. The van der Waals surface area contributed by atoms with Gasteiger partial charge in [-0.15, -0.1) is 0 Å². The van der Waals surface area contributed by atoms with Crippen molar-refractivity contribution in [2.75, 3.05) is 12.1 Å². The number of carbonyl (C=O) groups excluding carboxylic acids is 1. The van der Waals surface area contributed by atoms with E-state index in [0.717, 1.165) is 0 Å². The maximum Gasteiger partial charge on any atom is 0.259 e. The molecule has 1 N–H and O–H groups in total. The third-order valence-electron chi connectivity index (χ3n) is 5.32. The van der Waals surface area contributed by atoms with Crippen LogP contribution in [0.2, 0.25) is 0 Å². The highest BCUT2D eigenvalue weighted by atomic mass is 19.1. The Kier molecular flexibility index (Phi) is 4.43. The van der Waals surface area contributed by atoms with E-state index < -0.39 is 11.7 Å². The molecule has 0 radical (unpaired) electrons. The van der Waals surface area contributed by atoms with E-state index in [1.54, 1.807) is 54.1 Å². The molecule has 1 amide bonds. The first-order valence-electron chi connectivity index (χ1n) is 9.62. The number of para-hydroxylation sites is 1. The lowest BCUT2D eigenvalue weighted by atomic mass is 10.0. The molecule has 0 unspecified atom stereocenters. The molecule has 0 fully saturated rings. The highest BCUT2D eigenvalue weighted by Gasteiger charge is 2.22. The molecule has 5 rings (SSSR count). The average molecular weight is 416 g/mol. The van der Waals surface area contributed by atoms with E-state index in [9.17, 15) is 14.0 Å². The van der Waals surface area contributed by atoms with Crippen molar-refractivity contribution in [1.82, 2.24) is 4.57 Å². The van der Waals surface area contributed by atoms with Crippen LogP contribution in [-0.4, -0.2) is 17.3 Å². The Hall–Kier alpha value is -4.13. The fraction of sp³-hybridized carbons (Fsp3) is 0.0833. The lowest BCUT2D eigenvalue weighted by Crippen LogP contribution is -2.22. The number of pyridine rings is 1. The highest BCUT2D eigenvalue weighted by molar-refractivity contribution is 6.07. The number of ether oxygens (including phenoxy) is 2. The number of nitrogens with one attached hydrogen (secondary N) is 1. The van der Waals surface area contributed by atoms with Crippen molar-refractivity contribution in [3.05, 3.63) is 88.3 Å². The Bertz CT molecular complexity index is 1410. The summed E-state index contributed by atoms with van der Waals surface area (Å²) < 4.78 is 26.7. The smallest absolute Gasteiger partial charge is 0.259 e. The minimum atomic E-state index is -0.648. The largest absolute Gasteiger partial charge is 0.454 e. The molecule has 2 heterocycles. The normalized spacial score (nSPS) is 12.2. The van der Waals surface area contributed by atoms with E-state index in [-0.39, 0.29) is 29.2 Å². The summed E-state index contributed by atoms with van der Waals surface area (Å²) in [5.74, 6) is 0.0639. The molecule has 1 aliphatic heterocycles. The number of carbonyl (C=O) groups is 1. The van der Waals surface area contributed by atoms with E-state index in [4.69, 9.17) is 9.47 Å². The zero-order valence-electron chi connectivity index (χ0n) is 16.5. The minimum absolute atomic E-state index is 0.103. The van der Waals surface area contributed by atoms with Gasteiger partial charge in [0.1, 0.15) is 11.6 Å². The number of fused-ring (bicyclic) bond motifs is 2. The highest BCUT2D eigenvalue weighted by Crippen LogP contribution is 2.37. The van der Waals surface area contributed by atoms with Gasteiger partial charge in [0.2, 0.25) is 6.79 Å². The molecule has 0 saturated carbocycles. The van der Waals surface area contributed by atoms with E-state index in [1.165, 1.54) is 18.2 Å². The Morgan fingerprint density at radius 2 is 1.74 bits per heavy atom. The predicted molar refractivity (Wildman–Crippen MR) is 115 cm³/mol. The van der Waals surface area contributed by atoms with Crippen molar-refractivity contribution in [3.63, 3.8) is 0 Å². The molecule has 3 aromatic carbocycles. The second kappa shape index (κ2) is 7.28. The number of benzene rings is 3. The van der Waals surface area contributed by atoms with E-state index in [1.807, 2.05) is 6.07 Å². The van der Waals surface area contributed by atoms with Crippen LogP contribution < -0.4 is 20.2 Å². The van der Waals surface area contributed by atoms with Crippen molar-refractivity contribution < 1.29 is 18.7 Å². The first-order chi connectivity index (χ1) is 15.0. The number of rotatable bonds is 3. The molecule has 4 aromatic rings. The molecule has 0 aliphatic carbocycles. The molecular formula is C24H17FN2O4. The fourth-order valence-corrected chi connectivity index (χ4v) is 3.77. The number of aryl methyl sites for hydroxylation is 1. The topological polar surface area (TPSA) is 69.6 Å². The number of nitrogens with zero attached hydrogens (tertiary/aromatic N) is 1. The Morgan fingerprint density at radius 3 is 2.58 bits per heavy atom. The molecule has 6 nitrogen and oxygen atoms in total. The Morgan fingerprint density at radius 1 is 1.00 bits per heavy atom. The second-order valence-corrected chi connectivity index (χ2v) is 7.13. The third kappa shape index (κ3) is 3.11. The van der Waals surface area contributed by atoms with Crippen LogP contribution in [0.3, 0.4) is 0 Å². The number of halogens is 1. The molecule has 0 saturated heterocycles. The molecule has 1 aliphatic rings. The van der Waals surface area contributed by atoms with Gasteiger partial charge in [-0.3, -0.25) is 9.59 Å². The van der Waals surface area contributed by atoms with Crippen LogP contribution in [0.1, 0.15) is 10.4 Å². The second-order valence-electron chi connectivity index (χ2n) is 7.13. The molecule has 0 spiro atoms. The van der Waals surface area contributed by atoms with Gasteiger partial charge in [0.25, 0.3) is 5.91 Å². The van der Waals surface area contributed by atoms with Gasteiger partial charge in [-0.2, -0.15) is 0 Å². The number of hydrogen-bond acceptors (Lipinski definition) is 4. The summed E-state index contributed by atoms with van der Waals surface area (Å²) in [6.45, 7) is 0.103. The van der Waals surface area contributed by atoms with Crippen LogP contribution in [0.5, 0.6) is 11.5 Å². The summed E-state index contributed by atoms with van der Waals surface area (Å²) in [7, 11) is 1.75. The van der Waals surface area contributed by atoms with Gasteiger partial charge in [0.15, 0.2) is 16.9 Å². The Balaban J connectivity index is 1.74. The number of anilines is 1. The third-order valence-corrected chi connectivity index (χ3v) is 5.32. The van der Waals surface area contributed by atoms with Crippen LogP contribution >= 0.6 is 0 Å². The SMILES string of the molecule is Cn1c(NC(=O)c2ccccc2F)c(-c2ccc3c(c2)OCO3)c(=O)c2ccccc21. The standard InChI is InChI=1S/C24H17FN2O4/c1-27-18-9-5-3-7-16(18)22(28)21(14-10-11-19-20(12-14)31-13-30-19)23(27)26-24(29)15-6-2-4-8-17(15)25/h2-12H,13H2,1H3,(H,26,29). The predicted octanol–water partition coefficient (Wildman–Crippen LogP) is 4.33. The maximum absolute atomic E-state index is 14.2. The molecule has 7 heteroatoms. The van der Waals surface area contributed by atoms with Gasteiger partial charge in [-0.05, 0) is 42.0 Å². The van der Waals surface area contributed by atoms with Crippen molar-refractivity contribution in [3.8, 4) is 22.6 Å². The van der Waals surface area contributed by atoms with Gasteiger partial charge in [0, 0.05) is 12.4 Å². The Labute approximate surface area is 176 Å². The maximum atomic E-state index is 14.2. The number of amides is 1. The summed E-state index contributed by atoms with van der Waals surface area (Å²) in [4.78, 5) is 26.4. The number of hydrogen-bond donors (Lipinski definition) is 1. The van der Waals surface area contributed by atoms with E-state index in [0.29, 0.717) is 28.0 Å². The van der Waals surface area contributed by atoms with Crippen LogP contribution in [-0.2, 0) is 7.05 Å². The minimum Gasteiger partial charge on any atom is -0.454 e. The molecule has 0 atom stereocenters.